The van der Waals surface area contributed by atoms with E-state index in [2.05, 4.69) is 50.1 Å². The Bertz CT molecular complexity index is 592. The van der Waals surface area contributed by atoms with Crippen molar-refractivity contribution in [3.8, 4) is 5.75 Å². The third-order valence-corrected chi connectivity index (χ3v) is 4.62. The first-order valence-corrected chi connectivity index (χ1v) is 7.63. The van der Waals surface area contributed by atoms with Gasteiger partial charge in [0.1, 0.15) is 5.75 Å². The summed E-state index contributed by atoms with van der Waals surface area (Å²) in [5.41, 5.74) is 3.57. The Morgan fingerprint density at radius 1 is 1.30 bits per heavy atom. The summed E-state index contributed by atoms with van der Waals surface area (Å²) in [7, 11) is 1.72. The summed E-state index contributed by atoms with van der Waals surface area (Å²) in [5, 5.41) is 4.69. The first-order valence-electron chi connectivity index (χ1n) is 6.82. The lowest BCUT2D eigenvalue weighted by Gasteiger charge is -2.15. The number of nitrogens with one attached hydrogen (secondary N) is 1. The lowest BCUT2D eigenvalue weighted by molar-refractivity contribution is 0.406. The highest BCUT2D eigenvalue weighted by Gasteiger charge is 2.13. The van der Waals surface area contributed by atoms with E-state index in [4.69, 9.17) is 4.74 Å². The highest BCUT2D eigenvalue weighted by molar-refractivity contribution is 7.11. The van der Waals surface area contributed by atoms with Crippen LogP contribution >= 0.6 is 11.3 Å². The van der Waals surface area contributed by atoms with Gasteiger partial charge >= 0.3 is 0 Å². The fourth-order valence-electron chi connectivity index (χ4n) is 2.35. The minimum absolute atomic E-state index is 0.298. The predicted octanol–water partition coefficient (Wildman–Crippen LogP) is 3.93. The molecular formula is C16H22N2OS. The van der Waals surface area contributed by atoms with E-state index < -0.39 is 0 Å². The summed E-state index contributed by atoms with van der Waals surface area (Å²) in [6.45, 7) is 9.20. The minimum atomic E-state index is 0.298. The van der Waals surface area contributed by atoms with Crippen molar-refractivity contribution in [2.45, 2.75) is 40.3 Å². The number of hydrogen-bond donors (Lipinski definition) is 1. The van der Waals surface area contributed by atoms with E-state index in [0.29, 0.717) is 6.04 Å². The van der Waals surface area contributed by atoms with E-state index in [1.807, 2.05) is 6.07 Å². The SMILES string of the molecule is COc1ccc(C)cc1CNC(C)c1sc(C)nc1C. The maximum atomic E-state index is 5.42. The number of aryl methyl sites for hydroxylation is 3. The van der Waals surface area contributed by atoms with Crippen LogP contribution in [0.3, 0.4) is 0 Å². The van der Waals surface area contributed by atoms with E-state index in [-0.39, 0.29) is 0 Å². The molecule has 1 atom stereocenters. The van der Waals surface area contributed by atoms with Crippen LogP contribution in [0.5, 0.6) is 5.75 Å². The molecule has 2 rings (SSSR count). The lowest BCUT2D eigenvalue weighted by atomic mass is 10.1. The normalized spacial score (nSPS) is 12.4. The Kier molecular flexibility index (Phi) is 4.78. The van der Waals surface area contributed by atoms with E-state index in [9.17, 15) is 0 Å². The van der Waals surface area contributed by atoms with Crippen LogP contribution in [0.1, 0.15) is 39.7 Å². The molecule has 0 amide bonds. The maximum absolute atomic E-state index is 5.42. The van der Waals surface area contributed by atoms with E-state index in [0.717, 1.165) is 23.0 Å². The number of ether oxygens (including phenoxy) is 1. The van der Waals surface area contributed by atoms with Gasteiger partial charge in [-0.05, 0) is 33.8 Å². The van der Waals surface area contributed by atoms with Crippen molar-refractivity contribution in [2.24, 2.45) is 0 Å². The largest absolute Gasteiger partial charge is 0.496 e. The van der Waals surface area contributed by atoms with E-state index >= 15 is 0 Å². The van der Waals surface area contributed by atoms with E-state index in [1.165, 1.54) is 16.0 Å². The highest BCUT2D eigenvalue weighted by Crippen LogP contribution is 2.26. The monoisotopic (exact) mass is 290 g/mol. The highest BCUT2D eigenvalue weighted by atomic mass is 32.1. The second kappa shape index (κ2) is 6.37. The van der Waals surface area contributed by atoms with Crippen LogP contribution in [0.4, 0.5) is 0 Å². The molecule has 0 radical (unpaired) electrons. The summed E-state index contributed by atoms with van der Waals surface area (Å²) in [5.74, 6) is 0.938. The Morgan fingerprint density at radius 2 is 2.05 bits per heavy atom. The molecule has 4 heteroatoms. The molecule has 0 spiro atoms. The molecule has 1 unspecified atom stereocenters. The Balaban J connectivity index is 2.08. The number of aromatic nitrogens is 1. The smallest absolute Gasteiger partial charge is 0.123 e. The summed E-state index contributed by atoms with van der Waals surface area (Å²) >= 11 is 1.77. The van der Waals surface area contributed by atoms with Crippen molar-refractivity contribution in [3.63, 3.8) is 0 Å². The first kappa shape index (κ1) is 15.0. The third-order valence-electron chi connectivity index (χ3n) is 3.37. The molecule has 0 aliphatic rings. The summed E-state index contributed by atoms with van der Waals surface area (Å²) < 4.78 is 5.42. The molecule has 0 aliphatic carbocycles. The Morgan fingerprint density at radius 3 is 2.65 bits per heavy atom. The molecule has 1 aromatic carbocycles. The van der Waals surface area contributed by atoms with E-state index in [1.54, 1.807) is 18.4 Å². The number of thiazole rings is 1. The molecule has 1 heterocycles. The molecule has 1 N–H and O–H groups in total. The standard InChI is InChI=1S/C16H22N2OS/c1-10-6-7-15(19-5)14(8-10)9-17-11(2)16-12(3)18-13(4)20-16/h6-8,11,17H,9H2,1-5H3. The van der Waals surface area contributed by atoms with Crippen molar-refractivity contribution in [1.29, 1.82) is 0 Å². The zero-order valence-electron chi connectivity index (χ0n) is 12.8. The third kappa shape index (κ3) is 3.38. The number of nitrogens with zero attached hydrogens (tertiary/aromatic N) is 1. The number of methoxy groups -OCH3 is 1. The Hall–Kier alpha value is -1.39. The molecule has 0 saturated carbocycles. The summed E-state index contributed by atoms with van der Waals surface area (Å²) in [6, 6.07) is 6.57. The zero-order chi connectivity index (χ0) is 14.7. The van der Waals surface area contributed by atoms with Gasteiger partial charge in [0.15, 0.2) is 0 Å². The second-order valence-corrected chi connectivity index (χ2v) is 6.34. The molecule has 20 heavy (non-hydrogen) atoms. The molecular weight excluding hydrogens is 268 g/mol. The molecule has 108 valence electrons. The molecule has 0 bridgehead atoms. The van der Waals surface area contributed by atoms with Crippen LogP contribution in [-0.2, 0) is 6.54 Å². The number of hydrogen-bond acceptors (Lipinski definition) is 4. The van der Waals surface area contributed by atoms with Crippen LogP contribution in [0.2, 0.25) is 0 Å². The average Bonchev–Trinajstić information content (AvgIpc) is 2.75. The van der Waals surface area contributed by atoms with Gasteiger partial charge in [-0.25, -0.2) is 4.98 Å². The van der Waals surface area contributed by atoms with Crippen molar-refractivity contribution < 1.29 is 4.74 Å². The predicted molar refractivity (Wildman–Crippen MR) is 84.6 cm³/mol. The van der Waals surface area contributed by atoms with Crippen molar-refractivity contribution in [3.05, 3.63) is 44.9 Å². The van der Waals surface area contributed by atoms with Crippen molar-refractivity contribution in [2.75, 3.05) is 7.11 Å². The summed E-state index contributed by atoms with van der Waals surface area (Å²) in [4.78, 5) is 5.80. The average molecular weight is 290 g/mol. The number of rotatable bonds is 5. The van der Waals surface area contributed by atoms with Gasteiger partial charge < -0.3 is 10.1 Å². The van der Waals surface area contributed by atoms with Gasteiger partial charge in [0.2, 0.25) is 0 Å². The Labute approximate surface area is 125 Å². The molecule has 2 aromatic rings. The molecule has 1 aromatic heterocycles. The quantitative estimate of drug-likeness (QED) is 0.906. The topological polar surface area (TPSA) is 34.1 Å². The molecule has 0 fully saturated rings. The van der Waals surface area contributed by atoms with Crippen LogP contribution in [0.25, 0.3) is 0 Å². The van der Waals surface area contributed by atoms with Crippen LogP contribution in [-0.4, -0.2) is 12.1 Å². The minimum Gasteiger partial charge on any atom is -0.496 e. The van der Waals surface area contributed by atoms with Gasteiger partial charge in [0.25, 0.3) is 0 Å². The maximum Gasteiger partial charge on any atom is 0.123 e. The van der Waals surface area contributed by atoms with Crippen LogP contribution in [0, 0.1) is 20.8 Å². The second-order valence-electron chi connectivity index (χ2n) is 5.10. The van der Waals surface area contributed by atoms with Gasteiger partial charge in [0.05, 0.1) is 17.8 Å². The lowest BCUT2D eigenvalue weighted by Crippen LogP contribution is -2.18. The van der Waals surface area contributed by atoms with Crippen molar-refractivity contribution >= 4 is 11.3 Å². The van der Waals surface area contributed by atoms with Crippen molar-refractivity contribution in [1.82, 2.24) is 10.3 Å². The first-order chi connectivity index (χ1) is 9.51. The number of benzene rings is 1. The zero-order valence-corrected chi connectivity index (χ0v) is 13.6. The molecule has 0 saturated heterocycles. The summed E-state index contributed by atoms with van der Waals surface area (Å²) in [6.07, 6.45) is 0. The van der Waals surface area contributed by atoms with Gasteiger partial charge in [0, 0.05) is 23.0 Å². The van der Waals surface area contributed by atoms with Crippen LogP contribution in [0.15, 0.2) is 18.2 Å². The van der Waals surface area contributed by atoms with Gasteiger partial charge in [-0.3, -0.25) is 0 Å². The van der Waals surface area contributed by atoms with Gasteiger partial charge in [-0.1, -0.05) is 17.7 Å². The van der Waals surface area contributed by atoms with Gasteiger partial charge in [-0.15, -0.1) is 11.3 Å². The fourth-order valence-corrected chi connectivity index (χ4v) is 3.30. The molecule has 0 aliphatic heterocycles. The fraction of sp³-hybridized carbons (Fsp3) is 0.438. The van der Waals surface area contributed by atoms with Gasteiger partial charge in [-0.2, -0.15) is 0 Å². The molecule has 3 nitrogen and oxygen atoms in total. The van der Waals surface area contributed by atoms with Crippen LogP contribution < -0.4 is 10.1 Å².